The molecule has 1 aliphatic heterocycles. The highest BCUT2D eigenvalue weighted by molar-refractivity contribution is 6.01. The van der Waals surface area contributed by atoms with Crippen molar-refractivity contribution < 1.29 is 0 Å². The maximum atomic E-state index is 4.66. The molecule has 4 aromatic rings. The molecule has 0 aliphatic carbocycles. The quantitative estimate of drug-likeness (QED) is 0.570. The van der Waals surface area contributed by atoms with Crippen molar-refractivity contribution in [3.05, 3.63) is 103 Å². The van der Waals surface area contributed by atoms with Crippen molar-refractivity contribution in [1.29, 1.82) is 0 Å². The number of aromatic nitrogens is 4. The van der Waals surface area contributed by atoms with E-state index in [0.29, 0.717) is 12.4 Å². The van der Waals surface area contributed by atoms with Crippen LogP contribution in [0.4, 0.5) is 0 Å². The molecule has 5 rings (SSSR count). The predicted octanol–water partition coefficient (Wildman–Crippen LogP) is 3.99. The molecule has 0 radical (unpaired) electrons. The van der Waals surface area contributed by atoms with Crippen LogP contribution >= 0.6 is 0 Å². The molecule has 0 unspecified atom stereocenters. The first-order valence-electron chi connectivity index (χ1n) is 9.60. The third kappa shape index (κ3) is 3.71. The van der Waals surface area contributed by atoms with Crippen molar-refractivity contribution in [2.75, 3.05) is 6.54 Å². The maximum absolute atomic E-state index is 4.66. The van der Waals surface area contributed by atoms with Crippen LogP contribution in [0.15, 0.2) is 96.9 Å². The first-order chi connectivity index (χ1) is 14.9. The zero-order valence-corrected chi connectivity index (χ0v) is 16.1. The summed E-state index contributed by atoms with van der Waals surface area (Å²) in [5.41, 5.74) is 6.32. The van der Waals surface area contributed by atoms with Crippen LogP contribution in [0.3, 0.4) is 0 Å². The standard InChI is InChI=1S/C24H18N6/c1-2-18(22-15-29-24(30-16-22)20-7-11-26-12-8-20)4-3-17(1)21-13-27-23(28-14-21)19-5-9-25-10-6-19/h1-15H,16H2,(H,29,30). The Morgan fingerprint density at radius 3 is 1.80 bits per heavy atom. The van der Waals surface area contributed by atoms with Gasteiger partial charge in [-0.25, -0.2) is 9.97 Å². The number of amidine groups is 1. The minimum atomic E-state index is 0.633. The van der Waals surface area contributed by atoms with Gasteiger partial charge in [0.2, 0.25) is 0 Å². The SMILES string of the molecule is C1=C(c2ccc(-c3cnc(-c4ccncc4)nc3)cc2)CN=C(c2ccncc2)N1. The van der Waals surface area contributed by atoms with E-state index in [1.165, 1.54) is 0 Å². The van der Waals surface area contributed by atoms with Gasteiger partial charge in [0.05, 0.1) is 6.54 Å². The van der Waals surface area contributed by atoms with E-state index in [1.54, 1.807) is 24.8 Å². The van der Waals surface area contributed by atoms with Crippen molar-refractivity contribution in [2.24, 2.45) is 4.99 Å². The Bertz CT molecular complexity index is 1200. The van der Waals surface area contributed by atoms with Gasteiger partial charge in [0.15, 0.2) is 5.82 Å². The van der Waals surface area contributed by atoms with Crippen molar-refractivity contribution in [2.45, 2.75) is 0 Å². The molecule has 0 saturated heterocycles. The van der Waals surface area contributed by atoms with E-state index in [9.17, 15) is 0 Å². The predicted molar refractivity (Wildman–Crippen MR) is 117 cm³/mol. The summed E-state index contributed by atoms with van der Waals surface area (Å²) in [7, 11) is 0. The second-order valence-corrected chi connectivity index (χ2v) is 6.82. The van der Waals surface area contributed by atoms with Crippen LogP contribution in [0.25, 0.3) is 28.1 Å². The van der Waals surface area contributed by atoms with Gasteiger partial charge in [-0.2, -0.15) is 0 Å². The maximum Gasteiger partial charge on any atom is 0.159 e. The largest absolute Gasteiger partial charge is 0.346 e. The van der Waals surface area contributed by atoms with Gasteiger partial charge in [0.25, 0.3) is 0 Å². The highest BCUT2D eigenvalue weighted by atomic mass is 15.0. The van der Waals surface area contributed by atoms with Gasteiger partial charge < -0.3 is 5.32 Å². The highest BCUT2D eigenvalue weighted by Crippen LogP contribution is 2.24. The van der Waals surface area contributed by atoms with Crippen LogP contribution in [-0.4, -0.2) is 32.3 Å². The Kier molecular flexibility index (Phi) is 4.79. The van der Waals surface area contributed by atoms with Gasteiger partial charge in [-0.05, 0) is 41.0 Å². The number of pyridine rings is 2. The molecule has 0 fully saturated rings. The summed E-state index contributed by atoms with van der Waals surface area (Å²) in [5, 5.41) is 3.29. The molecule has 3 aromatic heterocycles. The number of rotatable bonds is 4. The van der Waals surface area contributed by atoms with Crippen LogP contribution in [0, 0.1) is 0 Å². The molecule has 1 aromatic carbocycles. The zero-order valence-electron chi connectivity index (χ0n) is 16.1. The average molecular weight is 390 g/mol. The van der Waals surface area contributed by atoms with E-state index in [-0.39, 0.29) is 0 Å². The van der Waals surface area contributed by atoms with Gasteiger partial charge >= 0.3 is 0 Å². The molecular weight excluding hydrogens is 372 g/mol. The minimum absolute atomic E-state index is 0.633. The molecule has 0 spiro atoms. The lowest BCUT2D eigenvalue weighted by Gasteiger charge is -2.15. The number of nitrogens with zero attached hydrogens (tertiary/aromatic N) is 5. The van der Waals surface area contributed by atoms with Gasteiger partial charge in [0, 0.05) is 60.1 Å². The van der Waals surface area contributed by atoms with Gasteiger partial charge in [-0.15, -0.1) is 0 Å². The fourth-order valence-corrected chi connectivity index (χ4v) is 3.27. The molecule has 0 amide bonds. The zero-order chi connectivity index (χ0) is 20.2. The van der Waals surface area contributed by atoms with Crippen LogP contribution < -0.4 is 5.32 Å². The molecule has 0 atom stereocenters. The molecule has 0 saturated carbocycles. The smallest absolute Gasteiger partial charge is 0.159 e. The lowest BCUT2D eigenvalue weighted by molar-refractivity contribution is 1.11. The normalized spacial score (nSPS) is 13.2. The van der Waals surface area contributed by atoms with E-state index in [0.717, 1.165) is 39.2 Å². The fourth-order valence-electron chi connectivity index (χ4n) is 3.27. The van der Waals surface area contributed by atoms with E-state index < -0.39 is 0 Å². The number of hydrogen-bond donors (Lipinski definition) is 1. The lowest BCUT2D eigenvalue weighted by atomic mass is 10.0. The molecule has 6 heteroatoms. The third-order valence-corrected chi connectivity index (χ3v) is 4.92. The fraction of sp³-hybridized carbons (Fsp3) is 0.0417. The summed E-state index contributed by atoms with van der Waals surface area (Å²) >= 11 is 0. The molecule has 1 aliphatic rings. The lowest BCUT2D eigenvalue weighted by Crippen LogP contribution is -2.23. The van der Waals surface area contributed by atoms with Crippen molar-refractivity contribution in [1.82, 2.24) is 25.3 Å². The van der Waals surface area contributed by atoms with Crippen molar-refractivity contribution >= 4 is 11.4 Å². The number of nitrogens with one attached hydrogen (secondary N) is 1. The third-order valence-electron chi connectivity index (χ3n) is 4.92. The molecule has 4 heterocycles. The van der Waals surface area contributed by atoms with Gasteiger partial charge in [-0.1, -0.05) is 24.3 Å². The highest BCUT2D eigenvalue weighted by Gasteiger charge is 2.10. The van der Waals surface area contributed by atoms with Crippen molar-refractivity contribution in [3.8, 4) is 22.5 Å². The average Bonchev–Trinajstić information content (AvgIpc) is 2.85. The Morgan fingerprint density at radius 2 is 1.20 bits per heavy atom. The van der Waals surface area contributed by atoms with Crippen molar-refractivity contribution in [3.63, 3.8) is 0 Å². The minimum Gasteiger partial charge on any atom is -0.346 e. The van der Waals surface area contributed by atoms with Gasteiger partial charge in [0.1, 0.15) is 5.84 Å². The Labute approximate surface area is 174 Å². The summed E-state index contributed by atoms with van der Waals surface area (Å²) in [6.45, 7) is 0.633. The number of benzene rings is 1. The van der Waals surface area contributed by atoms with Crippen LogP contribution in [0.2, 0.25) is 0 Å². The monoisotopic (exact) mass is 390 g/mol. The molecule has 1 N–H and O–H groups in total. The van der Waals surface area contributed by atoms with Gasteiger partial charge in [-0.3, -0.25) is 15.0 Å². The molecule has 6 nitrogen and oxygen atoms in total. The summed E-state index contributed by atoms with van der Waals surface area (Å²) in [5.74, 6) is 1.56. The molecule has 144 valence electrons. The molecule has 0 bridgehead atoms. The van der Waals surface area contributed by atoms with E-state index in [2.05, 4.69) is 54.5 Å². The van der Waals surface area contributed by atoms with Crippen LogP contribution in [0.5, 0.6) is 0 Å². The summed E-state index contributed by atoms with van der Waals surface area (Å²) in [6.07, 6.45) is 12.7. The van der Waals surface area contributed by atoms with E-state index >= 15 is 0 Å². The first kappa shape index (κ1) is 17.9. The van der Waals surface area contributed by atoms with E-state index in [1.807, 2.05) is 42.9 Å². The second kappa shape index (κ2) is 8.05. The second-order valence-electron chi connectivity index (χ2n) is 6.82. The molecule has 30 heavy (non-hydrogen) atoms. The Morgan fingerprint density at radius 1 is 0.600 bits per heavy atom. The van der Waals surface area contributed by atoms with E-state index in [4.69, 9.17) is 0 Å². The number of hydrogen-bond acceptors (Lipinski definition) is 6. The Hall–Kier alpha value is -4.19. The topological polar surface area (TPSA) is 76.0 Å². The first-order valence-corrected chi connectivity index (χ1v) is 9.60. The summed E-state index contributed by atoms with van der Waals surface area (Å²) in [6, 6.07) is 16.1. The summed E-state index contributed by atoms with van der Waals surface area (Å²) in [4.78, 5) is 21.7. The number of aliphatic imine (C=N–C) groups is 1. The van der Waals surface area contributed by atoms with Crippen LogP contribution in [0.1, 0.15) is 11.1 Å². The Balaban J connectivity index is 1.30. The summed E-state index contributed by atoms with van der Waals surface area (Å²) < 4.78 is 0. The van der Waals surface area contributed by atoms with Crippen LogP contribution in [-0.2, 0) is 0 Å². The molecular formula is C24H18N6.